The monoisotopic (exact) mass is 258 g/mol. The lowest BCUT2D eigenvalue weighted by molar-refractivity contribution is -0.123. The first-order valence-electron chi connectivity index (χ1n) is 6.81. The van der Waals surface area contributed by atoms with Gasteiger partial charge in [0.2, 0.25) is 5.91 Å². The molecular formula is C13H23ClN2O. The molecule has 4 heteroatoms. The maximum Gasteiger partial charge on any atom is 0.237 e. The lowest BCUT2D eigenvalue weighted by atomic mass is 9.65. The molecule has 2 saturated carbocycles. The van der Waals surface area contributed by atoms with Crippen LogP contribution in [0.3, 0.4) is 0 Å². The predicted molar refractivity (Wildman–Crippen MR) is 70.3 cm³/mol. The van der Waals surface area contributed by atoms with Gasteiger partial charge in [-0.3, -0.25) is 4.79 Å². The van der Waals surface area contributed by atoms with Crippen LogP contribution >= 0.6 is 12.4 Å². The molecule has 2 N–H and O–H groups in total. The molecule has 0 spiro atoms. The molecule has 1 aliphatic heterocycles. The molecule has 0 aromatic rings. The van der Waals surface area contributed by atoms with E-state index in [0.717, 1.165) is 31.8 Å². The molecule has 2 aliphatic carbocycles. The van der Waals surface area contributed by atoms with Crippen LogP contribution in [0.15, 0.2) is 0 Å². The Morgan fingerprint density at radius 3 is 2.47 bits per heavy atom. The van der Waals surface area contributed by atoms with Crippen LogP contribution in [0.5, 0.6) is 0 Å². The van der Waals surface area contributed by atoms with Crippen LogP contribution in [-0.4, -0.2) is 25.0 Å². The van der Waals surface area contributed by atoms with E-state index in [1.165, 1.54) is 32.1 Å². The molecule has 3 aliphatic rings. The van der Waals surface area contributed by atoms with Gasteiger partial charge in [-0.25, -0.2) is 0 Å². The first-order valence-corrected chi connectivity index (χ1v) is 6.81. The third-order valence-electron chi connectivity index (χ3n) is 4.78. The minimum absolute atomic E-state index is 0. The number of carbonyl (C=O) groups is 1. The summed E-state index contributed by atoms with van der Waals surface area (Å²) in [5, 5.41) is 6.45. The average molecular weight is 259 g/mol. The van der Waals surface area contributed by atoms with Gasteiger partial charge in [0.1, 0.15) is 0 Å². The Morgan fingerprint density at radius 2 is 2.00 bits per heavy atom. The predicted octanol–water partition coefficient (Wildman–Crippen LogP) is 1.86. The maximum absolute atomic E-state index is 11.9. The summed E-state index contributed by atoms with van der Waals surface area (Å²) in [5.74, 6) is 1.17. The quantitative estimate of drug-likeness (QED) is 0.808. The Balaban J connectivity index is 0.00000108. The van der Waals surface area contributed by atoms with E-state index in [2.05, 4.69) is 10.6 Å². The minimum atomic E-state index is 0. The Kier molecular flexibility index (Phi) is 3.99. The van der Waals surface area contributed by atoms with Crippen molar-refractivity contribution in [3.8, 4) is 0 Å². The number of nitrogens with one attached hydrogen (secondary N) is 2. The molecule has 3 nitrogen and oxygen atoms in total. The second-order valence-corrected chi connectivity index (χ2v) is 5.86. The number of hydrogen-bond acceptors (Lipinski definition) is 2. The highest BCUT2D eigenvalue weighted by Crippen LogP contribution is 2.56. The Labute approximate surface area is 110 Å². The lowest BCUT2D eigenvalue weighted by Crippen LogP contribution is -2.48. The van der Waals surface area contributed by atoms with E-state index in [1.807, 2.05) is 0 Å². The highest BCUT2D eigenvalue weighted by molar-refractivity contribution is 5.85. The van der Waals surface area contributed by atoms with E-state index in [1.54, 1.807) is 0 Å². The molecule has 3 rings (SSSR count). The molecule has 1 unspecified atom stereocenters. The Morgan fingerprint density at radius 1 is 1.24 bits per heavy atom. The number of halogens is 1. The minimum Gasteiger partial charge on any atom is -0.354 e. The highest BCUT2D eigenvalue weighted by atomic mass is 35.5. The van der Waals surface area contributed by atoms with Gasteiger partial charge >= 0.3 is 0 Å². The van der Waals surface area contributed by atoms with Crippen molar-refractivity contribution in [2.45, 2.75) is 51.0 Å². The summed E-state index contributed by atoms with van der Waals surface area (Å²) in [5.41, 5.74) is 0.508. The van der Waals surface area contributed by atoms with E-state index in [-0.39, 0.29) is 24.4 Å². The lowest BCUT2D eigenvalue weighted by Gasteiger charge is -2.42. The molecule has 1 amide bonds. The molecule has 17 heavy (non-hydrogen) atoms. The summed E-state index contributed by atoms with van der Waals surface area (Å²) in [4.78, 5) is 11.9. The molecule has 0 aromatic carbocycles. The van der Waals surface area contributed by atoms with E-state index in [4.69, 9.17) is 0 Å². The molecule has 0 aromatic heterocycles. The molecule has 1 heterocycles. The van der Waals surface area contributed by atoms with Crippen molar-refractivity contribution in [2.24, 2.45) is 11.3 Å². The van der Waals surface area contributed by atoms with Crippen LogP contribution in [0.25, 0.3) is 0 Å². The summed E-state index contributed by atoms with van der Waals surface area (Å²) in [6.07, 6.45) is 9.02. The fourth-order valence-electron chi connectivity index (χ4n) is 3.35. The molecular weight excluding hydrogens is 236 g/mol. The smallest absolute Gasteiger partial charge is 0.237 e. The largest absolute Gasteiger partial charge is 0.354 e. The maximum atomic E-state index is 11.9. The Hall–Kier alpha value is -0.280. The highest BCUT2D eigenvalue weighted by Gasteiger charge is 2.49. The first kappa shape index (κ1) is 13.2. The first-order chi connectivity index (χ1) is 7.80. The number of rotatable bonds is 4. The van der Waals surface area contributed by atoms with Crippen molar-refractivity contribution in [1.29, 1.82) is 0 Å². The number of hydrogen-bond donors (Lipinski definition) is 2. The summed E-state index contributed by atoms with van der Waals surface area (Å²) in [6.45, 7) is 1.94. The standard InChI is InChI=1S/C13H22N2O.ClH/c16-12(11-3-1-8-14-11)15-9-13(6-2-7-13)10-4-5-10;/h10-11,14H,1-9H2,(H,15,16);1H. The molecule has 0 radical (unpaired) electrons. The van der Waals surface area contributed by atoms with Crippen molar-refractivity contribution in [3.63, 3.8) is 0 Å². The van der Waals surface area contributed by atoms with E-state index in [9.17, 15) is 4.79 Å². The molecule has 0 bridgehead atoms. The van der Waals surface area contributed by atoms with Gasteiger partial charge in [-0.1, -0.05) is 6.42 Å². The van der Waals surface area contributed by atoms with Gasteiger partial charge < -0.3 is 10.6 Å². The summed E-state index contributed by atoms with van der Waals surface area (Å²) in [7, 11) is 0. The SMILES string of the molecule is Cl.O=C(NCC1(C2CC2)CCC1)C1CCCN1. The van der Waals surface area contributed by atoms with Gasteiger partial charge in [-0.15, -0.1) is 12.4 Å². The van der Waals surface area contributed by atoms with Crippen molar-refractivity contribution in [2.75, 3.05) is 13.1 Å². The van der Waals surface area contributed by atoms with Crippen molar-refractivity contribution in [1.82, 2.24) is 10.6 Å². The molecule has 1 atom stereocenters. The van der Waals surface area contributed by atoms with Gasteiger partial charge in [0.25, 0.3) is 0 Å². The molecule has 3 fully saturated rings. The fourth-order valence-corrected chi connectivity index (χ4v) is 3.35. The van der Waals surface area contributed by atoms with Crippen molar-refractivity contribution < 1.29 is 4.79 Å². The van der Waals surface area contributed by atoms with Crippen LogP contribution in [0.1, 0.15) is 44.9 Å². The zero-order valence-corrected chi connectivity index (χ0v) is 11.2. The van der Waals surface area contributed by atoms with Gasteiger partial charge in [-0.2, -0.15) is 0 Å². The van der Waals surface area contributed by atoms with Crippen molar-refractivity contribution >= 4 is 18.3 Å². The fraction of sp³-hybridized carbons (Fsp3) is 0.923. The van der Waals surface area contributed by atoms with Gasteiger partial charge in [0.05, 0.1) is 6.04 Å². The van der Waals surface area contributed by atoms with Crippen LogP contribution in [-0.2, 0) is 4.79 Å². The van der Waals surface area contributed by atoms with Gasteiger partial charge in [0.15, 0.2) is 0 Å². The second kappa shape index (κ2) is 5.15. The summed E-state index contributed by atoms with van der Waals surface area (Å²) >= 11 is 0. The Bertz CT molecular complexity index is 281. The van der Waals surface area contributed by atoms with E-state index >= 15 is 0 Å². The third kappa shape index (κ3) is 2.60. The number of amides is 1. The third-order valence-corrected chi connectivity index (χ3v) is 4.78. The van der Waals surface area contributed by atoms with Crippen LogP contribution in [0.2, 0.25) is 0 Å². The molecule has 1 saturated heterocycles. The normalized spacial score (nSPS) is 30.2. The zero-order valence-electron chi connectivity index (χ0n) is 10.3. The zero-order chi connectivity index (χ0) is 11.0. The average Bonchev–Trinajstić information content (AvgIpc) is 2.92. The second-order valence-electron chi connectivity index (χ2n) is 5.86. The van der Waals surface area contributed by atoms with E-state index < -0.39 is 0 Å². The summed E-state index contributed by atoms with van der Waals surface area (Å²) in [6, 6.07) is 0.0938. The topological polar surface area (TPSA) is 41.1 Å². The van der Waals surface area contributed by atoms with Crippen molar-refractivity contribution in [3.05, 3.63) is 0 Å². The van der Waals surface area contributed by atoms with Crippen LogP contribution in [0, 0.1) is 11.3 Å². The van der Waals surface area contributed by atoms with Gasteiger partial charge in [-0.05, 0) is 56.4 Å². The molecule has 98 valence electrons. The summed E-state index contributed by atoms with van der Waals surface area (Å²) < 4.78 is 0. The van der Waals surface area contributed by atoms with Gasteiger partial charge in [0, 0.05) is 6.54 Å². The van der Waals surface area contributed by atoms with Crippen LogP contribution in [0.4, 0.5) is 0 Å². The number of carbonyl (C=O) groups excluding carboxylic acids is 1. The van der Waals surface area contributed by atoms with E-state index in [0.29, 0.717) is 5.41 Å². The van der Waals surface area contributed by atoms with Crippen LogP contribution < -0.4 is 10.6 Å².